The monoisotopic (exact) mass is 531 g/mol. The van der Waals surface area contributed by atoms with Crippen LogP contribution in [0.4, 0.5) is 0 Å². The van der Waals surface area contributed by atoms with E-state index in [4.69, 9.17) is 14.5 Å². The molecule has 6 heteroatoms. The smallest absolute Gasteiger partial charge is 0.0973 e. The minimum atomic E-state index is -0.179. The third-order valence-electron chi connectivity index (χ3n) is 13.5. The van der Waals surface area contributed by atoms with Gasteiger partial charge in [0.05, 0.1) is 58.7 Å². The minimum Gasteiger partial charge on any atom is -0.391 e. The van der Waals surface area contributed by atoms with Gasteiger partial charge >= 0.3 is 0 Å². The quantitative estimate of drug-likeness (QED) is 0.224. The van der Waals surface area contributed by atoms with Gasteiger partial charge in [-0.05, 0) is 79.1 Å². The van der Waals surface area contributed by atoms with Crippen LogP contribution in [0.5, 0.6) is 0 Å². The first-order chi connectivity index (χ1) is 18.4. The molecule has 4 aliphatic carbocycles. The number of nitrogens with zero attached hydrogens (tertiary/aromatic N) is 2. The molecule has 6 aliphatic rings. The van der Waals surface area contributed by atoms with E-state index in [0.717, 1.165) is 63.6 Å². The van der Waals surface area contributed by atoms with E-state index < -0.39 is 0 Å². The number of quaternary nitrogens is 1. The van der Waals surface area contributed by atoms with Crippen molar-refractivity contribution in [2.45, 2.75) is 89.8 Å². The normalized spacial score (nSPS) is 48.7. The van der Waals surface area contributed by atoms with Crippen LogP contribution in [0.25, 0.3) is 0 Å². The average Bonchev–Trinajstić information content (AvgIpc) is 3.51. The van der Waals surface area contributed by atoms with Gasteiger partial charge in [-0.3, -0.25) is 4.90 Å². The summed E-state index contributed by atoms with van der Waals surface area (Å²) in [6.45, 7) is 17.5. The fourth-order valence-corrected chi connectivity index (χ4v) is 11.6. The van der Waals surface area contributed by atoms with E-state index in [0.29, 0.717) is 34.7 Å². The number of aliphatic hydroxyl groups is 1. The number of morpholine rings is 1. The molecule has 216 valence electrons. The molecule has 0 aromatic carbocycles. The van der Waals surface area contributed by atoms with E-state index in [-0.39, 0.29) is 6.10 Å². The average molecular weight is 532 g/mol. The van der Waals surface area contributed by atoms with Crippen molar-refractivity contribution in [1.82, 2.24) is 4.90 Å². The molecular weight excluding hydrogens is 476 g/mol. The van der Waals surface area contributed by atoms with Crippen molar-refractivity contribution in [2.24, 2.45) is 40.4 Å². The fourth-order valence-electron chi connectivity index (χ4n) is 11.6. The molecule has 0 amide bonds. The molecule has 6 fully saturated rings. The second-order valence-electron chi connectivity index (χ2n) is 14.6. The third-order valence-corrected chi connectivity index (χ3v) is 13.5. The molecule has 2 saturated heterocycles. The highest BCUT2D eigenvalue weighted by molar-refractivity contribution is 5.13. The van der Waals surface area contributed by atoms with Crippen LogP contribution in [-0.4, -0.2) is 92.3 Å². The number of fused-ring (bicyclic) bond motifs is 5. The Morgan fingerprint density at radius 2 is 1.82 bits per heavy atom. The summed E-state index contributed by atoms with van der Waals surface area (Å²) in [5.41, 5.74) is 0.657. The van der Waals surface area contributed by atoms with Gasteiger partial charge in [0.15, 0.2) is 0 Å². The highest BCUT2D eigenvalue weighted by Gasteiger charge is 2.66. The predicted octanol–water partition coefficient (Wildman–Crippen LogP) is 4.67. The lowest BCUT2D eigenvalue weighted by Crippen LogP contribution is -2.61. The Morgan fingerprint density at radius 1 is 1.05 bits per heavy atom. The van der Waals surface area contributed by atoms with Crippen molar-refractivity contribution in [3.8, 4) is 0 Å². The molecule has 10 atom stereocenters. The number of likely N-dealkylation sites (tertiary alicyclic amines) is 1. The zero-order valence-electron chi connectivity index (χ0n) is 24.5. The topological polar surface area (TPSA) is 51.2 Å². The van der Waals surface area contributed by atoms with Crippen LogP contribution in [0.3, 0.4) is 0 Å². The maximum Gasteiger partial charge on any atom is 0.0973 e. The molecule has 5 unspecified atom stereocenters. The fraction of sp³-hybridized carbons (Fsp3) is 0.938. The van der Waals surface area contributed by atoms with Crippen LogP contribution in [0.1, 0.15) is 71.6 Å². The van der Waals surface area contributed by atoms with Crippen LogP contribution >= 0.6 is 0 Å². The van der Waals surface area contributed by atoms with Gasteiger partial charge in [-0.2, -0.15) is 0 Å². The first kappa shape index (κ1) is 27.7. The zero-order valence-corrected chi connectivity index (χ0v) is 24.5. The van der Waals surface area contributed by atoms with Gasteiger partial charge in [-0.25, -0.2) is 9.78 Å². The summed E-state index contributed by atoms with van der Waals surface area (Å²) in [6, 6.07) is 0.955. The maximum atomic E-state index is 11.3. The van der Waals surface area contributed by atoms with Gasteiger partial charge in [-0.1, -0.05) is 20.4 Å². The van der Waals surface area contributed by atoms with Crippen LogP contribution < -0.4 is 0 Å². The number of ether oxygens (including phenoxy) is 1. The standard InChI is InChI=1S/C32H55N2O4/c1-5-14-34(15-6-7-16-34)29-20-26-24-9-8-23-19-30(35)28(33-12-17-37-18-13-33)21-32(23,3)25(24)10-11-31(26,2)27(29)22-38-36-4/h5,23-30,35H,1,6-22H2,2-4H3/q+1/t23?,24?,25?,26?,27-,28-,29-,30?,31-,32-/m0/s1. The van der Waals surface area contributed by atoms with E-state index in [1.807, 2.05) is 0 Å². The van der Waals surface area contributed by atoms with Crippen LogP contribution in [-0.2, 0) is 14.5 Å². The summed E-state index contributed by atoms with van der Waals surface area (Å²) >= 11 is 0. The summed E-state index contributed by atoms with van der Waals surface area (Å²) in [7, 11) is 1.68. The second kappa shape index (κ2) is 10.7. The van der Waals surface area contributed by atoms with E-state index >= 15 is 0 Å². The van der Waals surface area contributed by atoms with Gasteiger partial charge in [-0.15, -0.1) is 0 Å². The molecule has 6 rings (SSSR count). The Morgan fingerprint density at radius 3 is 2.53 bits per heavy atom. The summed E-state index contributed by atoms with van der Waals surface area (Å²) in [4.78, 5) is 13.6. The molecule has 0 radical (unpaired) electrons. The van der Waals surface area contributed by atoms with E-state index in [1.54, 1.807) is 7.11 Å². The Labute approximate surface area is 231 Å². The summed E-state index contributed by atoms with van der Waals surface area (Å²) in [6.07, 6.45) is 13.5. The predicted molar refractivity (Wildman–Crippen MR) is 149 cm³/mol. The lowest BCUT2D eigenvalue weighted by Gasteiger charge is -2.62. The van der Waals surface area contributed by atoms with Crippen LogP contribution in [0.2, 0.25) is 0 Å². The Hall–Kier alpha value is -0.500. The summed E-state index contributed by atoms with van der Waals surface area (Å²) in [5, 5.41) is 11.3. The van der Waals surface area contributed by atoms with Crippen molar-refractivity contribution in [3.63, 3.8) is 0 Å². The number of hydrogen-bond acceptors (Lipinski definition) is 5. The molecule has 4 saturated carbocycles. The Kier molecular flexibility index (Phi) is 7.80. The highest BCUT2D eigenvalue weighted by atomic mass is 17.2. The molecular formula is C32H55N2O4+. The van der Waals surface area contributed by atoms with Crippen LogP contribution in [0.15, 0.2) is 12.7 Å². The van der Waals surface area contributed by atoms with E-state index in [2.05, 4.69) is 31.4 Å². The van der Waals surface area contributed by atoms with Gasteiger partial charge in [0.2, 0.25) is 0 Å². The van der Waals surface area contributed by atoms with Crippen molar-refractivity contribution < 1.29 is 24.1 Å². The molecule has 2 heterocycles. The first-order valence-corrected chi connectivity index (χ1v) is 16.0. The summed E-state index contributed by atoms with van der Waals surface area (Å²) < 4.78 is 6.90. The van der Waals surface area contributed by atoms with Crippen LogP contribution in [0, 0.1) is 40.4 Å². The Bertz CT molecular complexity index is 841. The molecule has 0 bridgehead atoms. The largest absolute Gasteiger partial charge is 0.391 e. The second-order valence-corrected chi connectivity index (χ2v) is 14.6. The van der Waals surface area contributed by atoms with Crippen molar-refractivity contribution in [2.75, 3.05) is 59.7 Å². The third kappa shape index (κ3) is 4.36. The number of rotatable bonds is 7. The SMILES string of the molecule is C=CC[N+]1([C@H]2CC3C4CCC5CC(O)[C@@H](N6CCOCC6)C[C@]5(C)C4CC[C@]3(C)[C@H]2COOC)CCCC1. The van der Waals surface area contributed by atoms with Gasteiger partial charge < -0.3 is 14.3 Å². The lowest BCUT2D eigenvalue weighted by atomic mass is 9.44. The molecule has 6 nitrogen and oxygen atoms in total. The molecule has 0 aromatic rings. The van der Waals surface area contributed by atoms with E-state index in [9.17, 15) is 5.11 Å². The van der Waals surface area contributed by atoms with Gasteiger partial charge in [0, 0.05) is 44.3 Å². The molecule has 38 heavy (non-hydrogen) atoms. The maximum absolute atomic E-state index is 11.3. The number of aliphatic hydroxyl groups excluding tert-OH is 1. The van der Waals surface area contributed by atoms with Crippen molar-refractivity contribution in [1.29, 1.82) is 0 Å². The molecule has 0 spiro atoms. The van der Waals surface area contributed by atoms with Crippen molar-refractivity contribution in [3.05, 3.63) is 12.7 Å². The van der Waals surface area contributed by atoms with Crippen molar-refractivity contribution >= 4 is 0 Å². The lowest BCUT2D eigenvalue weighted by molar-refractivity contribution is -0.938. The molecule has 0 aromatic heterocycles. The zero-order chi connectivity index (χ0) is 26.5. The van der Waals surface area contributed by atoms with E-state index in [1.165, 1.54) is 68.9 Å². The minimum absolute atomic E-state index is 0.179. The molecule has 1 N–H and O–H groups in total. The van der Waals surface area contributed by atoms with Gasteiger partial charge in [0.25, 0.3) is 0 Å². The van der Waals surface area contributed by atoms with Gasteiger partial charge in [0.1, 0.15) is 0 Å². The Balaban J connectivity index is 1.29. The number of hydrogen-bond donors (Lipinski definition) is 1. The molecule has 2 aliphatic heterocycles. The summed E-state index contributed by atoms with van der Waals surface area (Å²) in [5.74, 6) is 3.57. The first-order valence-electron chi connectivity index (χ1n) is 16.0. The highest BCUT2D eigenvalue weighted by Crippen LogP contribution is 2.68.